The zero-order valence-electron chi connectivity index (χ0n) is 33.6. The average Bonchev–Trinajstić information content (AvgIpc) is 3.84. The molecular weight excluding hydrogens is 731 g/mol. The zero-order chi connectivity index (χ0) is 39.3. The van der Waals surface area contributed by atoms with Gasteiger partial charge in [0.2, 0.25) is 0 Å². The molecule has 3 aromatic heterocycles. The summed E-state index contributed by atoms with van der Waals surface area (Å²) in [5.74, 6) is 0. The van der Waals surface area contributed by atoms with E-state index in [1.807, 2.05) is 0 Å². The quantitative estimate of drug-likeness (QED) is 0.179. The van der Waals surface area contributed by atoms with Crippen LogP contribution < -0.4 is 0 Å². The van der Waals surface area contributed by atoms with Gasteiger partial charge in [-0.1, -0.05) is 109 Å². The summed E-state index contributed by atoms with van der Waals surface area (Å²) in [6.45, 7) is 0. The fourth-order valence-corrected chi connectivity index (χ4v) is 11.1. The van der Waals surface area contributed by atoms with Crippen LogP contribution in [0.2, 0.25) is 0 Å². The van der Waals surface area contributed by atoms with Gasteiger partial charge in [-0.05, 0) is 145 Å². The van der Waals surface area contributed by atoms with E-state index in [4.69, 9.17) is 13.8 Å². The molecule has 6 aromatic carbocycles. The smallest absolute Gasteiger partial charge is 0.143 e. The average molecular weight is 774 g/mol. The lowest BCUT2D eigenvalue weighted by Crippen LogP contribution is -2.06. The Morgan fingerprint density at radius 2 is 1.12 bits per heavy atom. The fourth-order valence-electron chi connectivity index (χ4n) is 11.1. The topological polar surface area (TPSA) is 39.2 Å². The minimum absolute atomic E-state index is 0.921. The van der Waals surface area contributed by atoms with Crippen LogP contribution in [-0.4, -0.2) is 4.98 Å². The Bertz CT molecular complexity index is 3430. The highest BCUT2D eigenvalue weighted by Crippen LogP contribution is 2.46. The van der Waals surface area contributed by atoms with Gasteiger partial charge in [-0.25, -0.2) is 4.98 Å². The molecule has 3 nitrogen and oxygen atoms in total. The Balaban J connectivity index is 0.937. The molecule has 4 aliphatic carbocycles. The van der Waals surface area contributed by atoms with Crippen molar-refractivity contribution in [2.45, 2.75) is 64.2 Å². The Morgan fingerprint density at radius 1 is 0.467 bits per heavy atom. The molecule has 0 unspecified atom stereocenters. The number of hydrogen-bond donors (Lipinski definition) is 0. The number of nitrogens with zero attached hydrogens (tertiary/aromatic N) is 1. The van der Waals surface area contributed by atoms with Crippen molar-refractivity contribution < 1.29 is 8.83 Å². The van der Waals surface area contributed by atoms with Gasteiger partial charge in [-0.3, -0.25) is 0 Å². The third-order valence-electron chi connectivity index (χ3n) is 13.9. The second-order valence-corrected chi connectivity index (χ2v) is 17.3. The van der Waals surface area contributed by atoms with Crippen molar-refractivity contribution in [3.05, 3.63) is 172 Å². The lowest BCUT2D eigenvalue weighted by atomic mass is 9.79. The van der Waals surface area contributed by atoms with Crippen LogP contribution >= 0.6 is 0 Å². The number of allylic oxidation sites excluding steroid dienone is 6. The van der Waals surface area contributed by atoms with Crippen molar-refractivity contribution in [3.8, 4) is 22.3 Å². The lowest BCUT2D eigenvalue weighted by molar-refractivity contribution is 0.662. The summed E-state index contributed by atoms with van der Waals surface area (Å²) in [7, 11) is 0. The van der Waals surface area contributed by atoms with Gasteiger partial charge in [0.25, 0.3) is 0 Å². The number of aromatic nitrogens is 1. The molecule has 3 heteroatoms. The van der Waals surface area contributed by atoms with Crippen LogP contribution in [0, 0.1) is 0 Å². The Kier molecular flexibility index (Phi) is 7.64. The van der Waals surface area contributed by atoms with E-state index < -0.39 is 0 Å². The fraction of sp³-hybridized carbons (Fsp3) is 0.175. The number of pyridine rings is 1. The molecule has 9 aromatic rings. The Hall–Kier alpha value is -6.71. The zero-order valence-corrected chi connectivity index (χ0v) is 33.6. The molecular formula is C57H43NO2. The molecule has 0 radical (unpaired) electrons. The third-order valence-corrected chi connectivity index (χ3v) is 13.9. The molecule has 0 spiro atoms. The molecule has 288 valence electrons. The monoisotopic (exact) mass is 773 g/mol. The summed E-state index contributed by atoms with van der Waals surface area (Å²) < 4.78 is 14.0. The predicted octanol–water partition coefficient (Wildman–Crippen LogP) is 15.9. The molecule has 3 heterocycles. The second kappa shape index (κ2) is 13.4. The van der Waals surface area contributed by atoms with Crippen molar-refractivity contribution in [3.63, 3.8) is 0 Å². The highest BCUT2D eigenvalue weighted by atomic mass is 16.3. The molecule has 0 N–H and O–H groups in total. The van der Waals surface area contributed by atoms with E-state index in [1.54, 1.807) is 11.1 Å². The largest absolute Gasteiger partial charge is 0.455 e. The first-order valence-corrected chi connectivity index (χ1v) is 22.0. The molecule has 1 fully saturated rings. The molecule has 0 aliphatic heterocycles. The highest BCUT2D eigenvalue weighted by molar-refractivity contribution is 6.15. The maximum absolute atomic E-state index is 7.02. The van der Waals surface area contributed by atoms with E-state index in [-0.39, 0.29) is 0 Å². The van der Waals surface area contributed by atoms with Crippen LogP contribution in [0.5, 0.6) is 0 Å². The van der Waals surface area contributed by atoms with Crippen molar-refractivity contribution in [1.29, 1.82) is 0 Å². The summed E-state index contributed by atoms with van der Waals surface area (Å²) >= 11 is 0. The minimum atomic E-state index is 0.921. The first-order chi connectivity index (χ1) is 29.7. The highest BCUT2D eigenvalue weighted by Gasteiger charge is 2.25. The SMILES string of the molecule is C1=Cc2cc(c3cc(-c4cccc5c4oc4c(C6=C7CCCCC7=CCC6)cccc45)ccc3n2)C=C1c1cccc2c1oc1c(-c3cccc4c3CCCC4)cccc12. The van der Waals surface area contributed by atoms with Gasteiger partial charge in [0.1, 0.15) is 22.3 Å². The first kappa shape index (κ1) is 34.2. The van der Waals surface area contributed by atoms with Crippen LogP contribution in [0.1, 0.15) is 84.9 Å². The van der Waals surface area contributed by atoms with Gasteiger partial charge < -0.3 is 8.83 Å². The third kappa shape index (κ3) is 5.24. The number of hydrogen-bond acceptors (Lipinski definition) is 3. The summed E-state index contributed by atoms with van der Waals surface area (Å²) in [5, 5.41) is 5.77. The van der Waals surface area contributed by atoms with E-state index >= 15 is 0 Å². The number of fused-ring (bicyclic) bond motifs is 12. The van der Waals surface area contributed by atoms with Gasteiger partial charge in [0.05, 0.1) is 11.2 Å². The van der Waals surface area contributed by atoms with Crippen LogP contribution in [0.15, 0.2) is 147 Å². The summed E-state index contributed by atoms with van der Waals surface area (Å²) in [6, 6.07) is 42.3. The Morgan fingerprint density at radius 3 is 1.95 bits per heavy atom. The van der Waals surface area contributed by atoms with Gasteiger partial charge >= 0.3 is 0 Å². The molecule has 0 saturated heterocycles. The van der Waals surface area contributed by atoms with Crippen LogP contribution in [-0.2, 0) is 12.8 Å². The summed E-state index contributed by atoms with van der Waals surface area (Å²) in [5.41, 5.74) is 22.7. The lowest BCUT2D eigenvalue weighted by Gasteiger charge is -2.26. The summed E-state index contributed by atoms with van der Waals surface area (Å²) in [4.78, 5) is 5.12. The van der Waals surface area contributed by atoms with Crippen molar-refractivity contribution in [1.82, 2.24) is 4.98 Å². The predicted molar refractivity (Wildman–Crippen MR) is 250 cm³/mol. The number of aryl methyl sites for hydroxylation is 1. The maximum Gasteiger partial charge on any atom is 0.143 e. The van der Waals surface area contributed by atoms with Gasteiger partial charge in [0, 0.05) is 49.2 Å². The second-order valence-electron chi connectivity index (χ2n) is 17.3. The molecule has 0 amide bonds. The van der Waals surface area contributed by atoms with Gasteiger partial charge in [-0.15, -0.1) is 0 Å². The molecule has 0 atom stereocenters. The molecule has 1 saturated carbocycles. The normalized spacial score (nSPS) is 16.4. The first-order valence-electron chi connectivity index (χ1n) is 22.0. The van der Waals surface area contributed by atoms with Crippen molar-refractivity contribution in [2.75, 3.05) is 0 Å². The van der Waals surface area contributed by atoms with E-state index in [0.717, 1.165) is 109 Å². The minimum Gasteiger partial charge on any atom is -0.455 e. The van der Waals surface area contributed by atoms with Crippen LogP contribution in [0.3, 0.4) is 0 Å². The maximum atomic E-state index is 7.02. The molecule has 2 bridgehead atoms. The molecule has 60 heavy (non-hydrogen) atoms. The van der Waals surface area contributed by atoms with Crippen molar-refractivity contribution >= 4 is 78.1 Å². The van der Waals surface area contributed by atoms with Gasteiger partial charge in [-0.2, -0.15) is 0 Å². The number of para-hydroxylation sites is 4. The van der Waals surface area contributed by atoms with Crippen LogP contribution in [0.4, 0.5) is 0 Å². The molecule has 4 aliphatic rings. The number of benzene rings is 6. The van der Waals surface area contributed by atoms with Crippen molar-refractivity contribution in [2.24, 2.45) is 0 Å². The number of furan rings is 2. The van der Waals surface area contributed by atoms with E-state index in [1.165, 1.54) is 77.3 Å². The van der Waals surface area contributed by atoms with E-state index in [2.05, 4.69) is 140 Å². The van der Waals surface area contributed by atoms with Gasteiger partial charge in [0.15, 0.2) is 0 Å². The standard InChI is InChI=1S/C57H43NO2/c1-3-15-40-34(11-1)13-5-19-44(40)46-21-9-25-50-48-23-7-17-42(54(48)59-56(46)50)36-27-29-39-32-38(31-36)52-33-37(28-30-53(52)58-39)43-18-8-24-49-51-26-10-22-47(57(51)60-55(43)49)45-20-6-14-35-12-2-4-16-41(35)45/h5,7-10,13-14,17-19,21-33H,1-4,6,11-12,15-16,20H2. The summed E-state index contributed by atoms with van der Waals surface area (Å²) in [6.07, 6.45) is 21.1. The Labute approximate surface area is 349 Å². The van der Waals surface area contributed by atoms with Crippen LogP contribution in [0.25, 0.3) is 100 Å². The van der Waals surface area contributed by atoms with E-state index in [9.17, 15) is 0 Å². The van der Waals surface area contributed by atoms with E-state index in [0.29, 0.717) is 0 Å². The molecule has 13 rings (SSSR count). The number of rotatable bonds is 4.